The van der Waals surface area contributed by atoms with Crippen LogP contribution in [0, 0.1) is 5.92 Å². The Kier molecular flexibility index (Phi) is 4.63. The summed E-state index contributed by atoms with van der Waals surface area (Å²) in [5, 5.41) is 0. The number of allylic oxidation sites excluding steroid dienone is 1. The topological polar surface area (TPSA) is 20.3 Å². The minimum atomic E-state index is -0.0143. The van der Waals surface area contributed by atoms with E-state index in [1.165, 1.54) is 6.42 Å². The molecule has 0 N–H and O–H groups in total. The van der Waals surface area contributed by atoms with Crippen molar-refractivity contribution in [3.63, 3.8) is 0 Å². The number of piperidine rings is 1. The Bertz CT molecular complexity index is 336. The van der Waals surface area contributed by atoms with Gasteiger partial charge in [0.1, 0.15) is 0 Å². The Labute approximate surface area is 112 Å². The lowest BCUT2D eigenvalue weighted by Crippen LogP contribution is -2.65. The lowest BCUT2D eigenvalue weighted by atomic mass is 9.69. The Morgan fingerprint density at radius 1 is 1.33 bits per heavy atom. The van der Waals surface area contributed by atoms with Gasteiger partial charge >= 0.3 is 0 Å². The van der Waals surface area contributed by atoms with E-state index in [0.717, 1.165) is 19.3 Å². The summed E-state index contributed by atoms with van der Waals surface area (Å²) in [5.41, 5.74) is -0.00648. The number of carbonyl (C=O) groups excluding carboxylic acids is 1. The number of rotatable bonds is 3. The van der Waals surface area contributed by atoms with Gasteiger partial charge in [-0.2, -0.15) is 0 Å². The molecule has 1 aliphatic rings. The zero-order valence-corrected chi connectivity index (χ0v) is 12.9. The van der Waals surface area contributed by atoms with Gasteiger partial charge in [0, 0.05) is 11.1 Å². The lowest BCUT2D eigenvalue weighted by molar-refractivity contribution is -0.152. The van der Waals surface area contributed by atoms with Gasteiger partial charge < -0.3 is 4.90 Å². The van der Waals surface area contributed by atoms with Crippen LogP contribution in [0.2, 0.25) is 0 Å². The first-order chi connectivity index (χ1) is 8.35. The van der Waals surface area contributed by atoms with E-state index in [4.69, 9.17) is 0 Å². The molecule has 0 aliphatic carbocycles. The monoisotopic (exact) mass is 251 g/mol. The SMILES string of the molecule is C/C=C/C(=O)N1C(C)(CC)CCC(C)C1(C)CC. The standard InChI is InChI=1S/C16H29NO/c1-7-10-14(18)17-15(5,8-2)12-11-13(4)16(17,6)9-3/h7,10,13H,8-9,11-12H2,1-6H3/b10-7+. The molecule has 1 rings (SSSR count). The third-order valence-corrected chi connectivity index (χ3v) is 5.24. The van der Waals surface area contributed by atoms with E-state index < -0.39 is 0 Å². The Balaban J connectivity index is 3.24. The van der Waals surface area contributed by atoms with Gasteiger partial charge in [-0.25, -0.2) is 0 Å². The highest BCUT2D eigenvalue weighted by molar-refractivity contribution is 5.89. The first kappa shape index (κ1) is 15.3. The molecule has 2 nitrogen and oxygen atoms in total. The second-order valence-electron chi connectivity index (χ2n) is 6.17. The van der Waals surface area contributed by atoms with E-state index in [9.17, 15) is 4.79 Å². The number of hydrogen-bond donors (Lipinski definition) is 0. The summed E-state index contributed by atoms with van der Waals surface area (Å²) in [6.07, 6.45) is 7.96. The molecule has 104 valence electrons. The van der Waals surface area contributed by atoms with Gasteiger partial charge in [-0.3, -0.25) is 4.79 Å². The highest BCUT2D eigenvalue weighted by atomic mass is 16.2. The van der Waals surface area contributed by atoms with Gasteiger partial charge in [-0.05, 0) is 58.4 Å². The molecule has 1 saturated heterocycles. The van der Waals surface area contributed by atoms with Crippen molar-refractivity contribution in [1.29, 1.82) is 0 Å². The zero-order chi connectivity index (χ0) is 14.0. The summed E-state index contributed by atoms with van der Waals surface area (Å²) in [5.74, 6) is 0.745. The van der Waals surface area contributed by atoms with Crippen LogP contribution in [0.1, 0.15) is 67.2 Å². The maximum absolute atomic E-state index is 12.5. The van der Waals surface area contributed by atoms with Crippen LogP contribution >= 0.6 is 0 Å². The Hall–Kier alpha value is -0.790. The summed E-state index contributed by atoms with van der Waals surface area (Å²) in [6, 6.07) is 0. The van der Waals surface area contributed by atoms with Crippen molar-refractivity contribution in [2.75, 3.05) is 0 Å². The summed E-state index contributed by atoms with van der Waals surface area (Å²) in [7, 11) is 0. The molecule has 0 aromatic carbocycles. The fourth-order valence-electron chi connectivity index (χ4n) is 3.36. The van der Waals surface area contributed by atoms with Gasteiger partial charge in [0.2, 0.25) is 5.91 Å². The summed E-state index contributed by atoms with van der Waals surface area (Å²) in [4.78, 5) is 14.7. The van der Waals surface area contributed by atoms with Crippen LogP contribution in [0.4, 0.5) is 0 Å². The second kappa shape index (κ2) is 5.46. The Morgan fingerprint density at radius 2 is 1.94 bits per heavy atom. The number of likely N-dealkylation sites (tertiary alicyclic amines) is 1. The molecule has 0 aromatic heterocycles. The van der Waals surface area contributed by atoms with Crippen LogP contribution in [-0.4, -0.2) is 21.9 Å². The van der Waals surface area contributed by atoms with Crippen LogP contribution in [-0.2, 0) is 4.79 Å². The van der Waals surface area contributed by atoms with Crippen molar-refractivity contribution in [2.45, 2.75) is 78.3 Å². The lowest BCUT2D eigenvalue weighted by Gasteiger charge is -2.58. The minimum Gasteiger partial charge on any atom is -0.328 e. The molecule has 2 heteroatoms. The molecular weight excluding hydrogens is 222 g/mol. The van der Waals surface area contributed by atoms with Crippen molar-refractivity contribution in [1.82, 2.24) is 4.90 Å². The minimum absolute atomic E-state index is 0.00780. The van der Waals surface area contributed by atoms with E-state index in [1.807, 2.05) is 13.0 Å². The van der Waals surface area contributed by atoms with Crippen LogP contribution < -0.4 is 0 Å². The largest absolute Gasteiger partial charge is 0.328 e. The normalized spacial score (nSPS) is 37.2. The van der Waals surface area contributed by atoms with Gasteiger partial charge in [0.05, 0.1) is 0 Å². The number of amides is 1. The fourth-order valence-corrected chi connectivity index (χ4v) is 3.36. The van der Waals surface area contributed by atoms with Gasteiger partial charge in [0.25, 0.3) is 0 Å². The molecule has 3 atom stereocenters. The molecule has 1 aliphatic heterocycles. The quantitative estimate of drug-likeness (QED) is 0.690. The van der Waals surface area contributed by atoms with Crippen molar-refractivity contribution in [3.05, 3.63) is 12.2 Å². The highest BCUT2D eigenvalue weighted by Crippen LogP contribution is 2.45. The average Bonchev–Trinajstić information content (AvgIpc) is 2.35. The van der Waals surface area contributed by atoms with Crippen LogP contribution in [0.3, 0.4) is 0 Å². The van der Waals surface area contributed by atoms with Crippen LogP contribution in [0.15, 0.2) is 12.2 Å². The maximum Gasteiger partial charge on any atom is 0.247 e. The predicted octanol–water partition coefficient (Wildman–Crippen LogP) is 4.16. The summed E-state index contributed by atoms with van der Waals surface area (Å²) < 4.78 is 0. The van der Waals surface area contributed by atoms with E-state index >= 15 is 0 Å². The molecule has 1 fully saturated rings. The Morgan fingerprint density at radius 3 is 2.39 bits per heavy atom. The van der Waals surface area contributed by atoms with Gasteiger partial charge in [0.15, 0.2) is 0 Å². The smallest absolute Gasteiger partial charge is 0.247 e. The second-order valence-corrected chi connectivity index (χ2v) is 6.17. The molecule has 0 aromatic rings. The zero-order valence-electron chi connectivity index (χ0n) is 12.9. The molecule has 18 heavy (non-hydrogen) atoms. The van der Waals surface area contributed by atoms with Gasteiger partial charge in [-0.15, -0.1) is 0 Å². The predicted molar refractivity (Wildman–Crippen MR) is 77.5 cm³/mol. The number of hydrogen-bond acceptors (Lipinski definition) is 1. The van der Waals surface area contributed by atoms with Crippen LogP contribution in [0.25, 0.3) is 0 Å². The highest BCUT2D eigenvalue weighted by Gasteiger charge is 2.50. The first-order valence-electron chi connectivity index (χ1n) is 7.32. The summed E-state index contributed by atoms with van der Waals surface area (Å²) >= 11 is 0. The average molecular weight is 251 g/mol. The molecule has 3 unspecified atom stereocenters. The molecular formula is C16H29NO. The molecule has 0 bridgehead atoms. The molecule has 1 amide bonds. The number of nitrogens with zero attached hydrogens (tertiary/aromatic N) is 1. The summed E-state index contributed by atoms with van der Waals surface area (Å²) in [6.45, 7) is 13.1. The van der Waals surface area contributed by atoms with E-state index in [1.54, 1.807) is 6.08 Å². The molecule has 0 radical (unpaired) electrons. The number of carbonyl (C=O) groups is 1. The van der Waals surface area contributed by atoms with Crippen molar-refractivity contribution < 1.29 is 4.79 Å². The van der Waals surface area contributed by atoms with Crippen molar-refractivity contribution >= 4 is 5.91 Å². The van der Waals surface area contributed by atoms with E-state index in [0.29, 0.717) is 5.92 Å². The fraction of sp³-hybridized carbons (Fsp3) is 0.812. The van der Waals surface area contributed by atoms with Gasteiger partial charge in [-0.1, -0.05) is 26.8 Å². The third kappa shape index (κ3) is 2.34. The van der Waals surface area contributed by atoms with Crippen LogP contribution in [0.5, 0.6) is 0 Å². The third-order valence-electron chi connectivity index (χ3n) is 5.24. The van der Waals surface area contributed by atoms with E-state index in [-0.39, 0.29) is 17.0 Å². The van der Waals surface area contributed by atoms with E-state index in [2.05, 4.69) is 39.5 Å². The molecule has 1 heterocycles. The molecule has 0 saturated carbocycles. The molecule has 0 spiro atoms. The van der Waals surface area contributed by atoms with Crippen molar-refractivity contribution in [2.24, 2.45) is 5.92 Å². The maximum atomic E-state index is 12.5. The van der Waals surface area contributed by atoms with Crippen molar-refractivity contribution in [3.8, 4) is 0 Å². The first-order valence-corrected chi connectivity index (χ1v) is 7.32.